The Bertz CT molecular complexity index is 932. The summed E-state index contributed by atoms with van der Waals surface area (Å²) in [6.07, 6.45) is 5.23. The molecule has 0 spiro atoms. The second-order valence-corrected chi connectivity index (χ2v) is 8.22. The topological polar surface area (TPSA) is 64.4 Å². The molecule has 3 heterocycles. The van der Waals surface area contributed by atoms with Gasteiger partial charge in [0.2, 0.25) is 0 Å². The number of rotatable bonds is 1. The SMILES string of the molecule is CC1(C)CN(C(=O)c2ccc3c(=O)n4c(nc3c2)CCCCCC4)CCO1. The molecule has 6 heteroatoms. The smallest absolute Gasteiger partial charge is 0.261 e. The molecule has 1 amide bonds. The van der Waals surface area contributed by atoms with E-state index in [1.807, 2.05) is 23.3 Å². The quantitative estimate of drug-likeness (QED) is 0.775. The molecule has 1 saturated heterocycles. The van der Waals surface area contributed by atoms with Crippen LogP contribution in [-0.2, 0) is 17.7 Å². The highest BCUT2D eigenvalue weighted by molar-refractivity contribution is 5.97. The van der Waals surface area contributed by atoms with Crippen molar-refractivity contribution in [3.8, 4) is 0 Å². The van der Waals surface area contributed by atoms with Crippen LogP contribution in [0.5, 0.6) is 0 Å². The van der Waals surface area contributed by atoms with Crippen LogP contribution in [0.3, 0.4) is 0 Å². The van der Waals surface area contributed by atoms with Crippen molar-refractivity contribution in [2.75, 3.05) is 19.7 Å². The van der Waals surface area contributed by atoms with E-state index in [0.29, 0.717) is 36.2 Å². The number of fused-ring (bicyclic) bond motifs is 2. The summed E-state index contributed by atoms with van der Waals surface area (Å²) in [6.45, 7) is 6.41. The molecule has 1 fully saturated rings. The number of amides is 1. The average molecular weight is 369 g/mol. The van der Waals surface area contributed by atoms with Crippen molar-refractivity contribution in [1.29, 1.82) is 0 Å². The summed E-state index contributed by atoms with van der Waals surface area (Å²) in [6, 6.07) is 5.29. The van der Waals surface area contributed by atoms with Gasteiger partial charge in [0.05, 0.1) is 23.1 Å². The van der Waals surface area contributed by atoms with E-state index in [9.17, 15) is 9.59 Å². The Morgan fingerprint density at radius 3 is 2.78 bits per heavy atom. The van der Waals surface area contributed by atoms with Crippen LogP contribution in [0.1, 0.15) is 55.7 Å². The third kappa shape index (κ3) is 3.63. The van der Waals surface area contributed by atoms with Gasteiger partial charge in [-0.15, -0.1) is 0 Å². The number of aromatic nitrogens is 2. The Balaban J connectivity index is 1.70. The fourth-order valence-electron chi connectivity index (χ4n) is 4.10. The third-order valence-corrected chi connectivity index (χ3v) is 5.53. The molecule has 0 unspecified atom stereocenters. The summed E-state index contributed by atoms with van der Waals surface area (Å²) >= 11 is 0. The first kappa shape index (κ1) is 18.2. The van der Waals surface area contributed by atoms with E-state index in [-0.39, 0.29) is 17.1 Å². The highest BCUT2D eigenvalue weighted by Crippen LogP contribution is 2.21. The van der Waals surface area contributed by atoms with Crippen LogP contribution in [-0.4, -0.2) is 45.7 Å². The van der Waals surface area contributed by atoms with Gasteiger partial charge in [0.15, 0.2) is 0 Å². The van der Waals surface area contributed by atoms with E-state index in [0.717, 1.165) is 38.1 Å². The second kappa shape index (κ2) is 7.08. The van der Waals surface area contributed by atoms with Gasteiger partial charge in [-0.1, -0.05) is 12.8 Å². The van der Waals surface area contributed by atoms with Crippen molar-refractivity contribution in [2.45, 2.75) is 58.1 Å². The summed E-state index contributed by atoms with van der Waals surface area (Å²) in [7, 11) is 0. The van der Waals surface area contributed by atoms with E-state index in [2.05, 4.69) is 0 Å². The normalized spacial score (nSPS) is 20.0. The van der Waals surface area contributed by atoms with Crippen molar-refractivity contribution in [1.82, 2.24) is 14.5 Å². The van der Waals surface area contributed by atoms with Crippen LogP contribution in [0.4, 0.5) is 0 Å². The lowest BCUT2D eigenvalue weighted by molar-refractivity contribution is -0.0763. The molecule has 144 valence electrons. The van der Waals surface area contributed by atoms with Crippen LogP contribution in [0.15, 0.2) is 23.0 Å². The first-order chi connectivity index (χ1) is 12.9. The molecule has 4 rings (SSSR count). The summed E-state index contributed by atoms with van der Waals surface area (Å²) in [5.74, 6) is 0.825. The number of carbonyl (C=O) groups excluding carboxylic acids is 1. The molecule has 0 saturated carbocycles. The molecule has 0 aliphatic carbocycles. The number of hydrogen-bond donors (Lipinski definition) is 0. The van der Waals surface area contributed by atoms with Gasteiger partial charge in [0, 0.05) is 31.6 Å². The van der Waals surface area contributed by atoms with Crippen molar-refractivity contribution in [3.05, 3.63) is 39.9 Å². The zero-order valence-corrected chi connectivity index (χ0v) is 16.2. The molecular formula is C21H27N3O3. The Hall–Kier alpha value is -2.21. The number of nitrogens with zero attached hydrogens (tertiary/aromatic N) is 3. The first-order valence-corrected chi connectivity index (χ1v) is 9.91. The van der Waals surface area contributed by atoms with E-state index < -0.39 is 0 Å². The lowest BCUT2D eigenvalue weighted by atomic mass is 10.1. The number of aryl methyl sites for hydroxylation is 1. The maximum Gasteiger partial charge on any atom is 0.261 e. The van der Waals surface area contributed by atoms with Crippen molar-refractivity contribution in [2.24, 2.45) is 0 Å². The number of ether oxygens (including phenoxy) is 1. The highest BCUT2D eigenvalue weighted by Gasteiger charge is 2.30. The molecule has 2 aromatic rings. The molecular weight excluding hydrogens is 342 g/mol. The van der Waals surface area contributed by atoms with E-state index >= 15 is 0 Å². The molecule has 0 radical (unpaired) electrons. The molecule has 0 N–H and O–H groups in total. The number of carbonyl (C=O) groups is 1. The minimum absolute atomic E-state index is 0.0170. The maximum absolute atomic E-state index is 13.0. The zero-order chi connectivity index (χ0) is 19.0. The Morgan fingerprint density at radius 2 is 1.96 bits per heavy atom. The van der Waals surface area contributed by atoms with Gasteiger partial charge in [0.1, 0.15) is 5.82 Å². The molecule has 6 nitrogen and oxygen atoms in total. The molecule has 2 aliphatic heterocycles. The number of hydrogen-bond acceptors (Lipinski definition) is 4. The minimum Gasteiger partial charge on any atom is -0.372 e. The predicted octanol–water partition coefficient (Wildman–Crippen LogP) is 2.76. The third-order valence-electron chi connectivity index (χ3n) is 5.53. The fraction of sp³-hybridized carbons (Fsp3) is 0.571. The highest BCUT2D eigenvalue weighted by atomic mass is 16.5. The zero-order valence-electron chi connectivity index (χ0n) is 16.2. The monoisotopic (exact) mass is 369 g/mol. The van der Waals surface area contributed by atoms with Crippen LogP contribution >= 0.6 is 0 Å². The van der Waals surface area contributed by atoms with Gasteiger partial charge in [0.25, 0.3) is 11.5 Å². The van der Waals surface area contributed by atoms with Crippen LogP contribution in [0.25, 0.3) is 10.9 Å². The fourth-order valence-corrected chi connectivity index (χ4v) is 4.10. The lowest BCUT2D eigenvalue weighted by Crippen LogP contribution is -2.50. The molecule has 2 aliphatic rings. The van der Waals surface area contributed by atoms with Gasteiger partial charge >= 0.3 is 0 Å². The number of morpholine rings is 1. The lowest BCUT2D eigenvalue weighted by Gasteiger charge is -2.38. The molecule has 1 aromatic carbocycles. The van der Waals surface area contributed by atoms with Crippen LogP contribution in [0, 0.1) is 0 Å². The van der Waals surface area contributed by atoms with Gasteiger partial charge in [-0.25, -0.2) is 4.98 Å². The second-order valence-electron chi connectivity index (χ2n) is 8.22. The minimum atomic E-state index is -0.336. The summed E-state index contributed by atoms with van der Waals surface area (Å²) < 4.78 is 7.53. The molecule has 1 aromatic heterocycles. The van der Waals surface area contributed by atoms with Gasteiger partial charge in [-0.05, 0) is 44.9 Å². The van der Waals surface area contributed by atoms with Gasteiger partial charge < -0.3 is 9.64 Å². The Morgan fingerprint density at radius 1 is 1.15 bits per heavy atom. The Kier molecular flexibility index (Phi) is 4.76. The summed E-state index contributed by atoms with van der Waals surface area (Å²) in [5, 5.41) is 0.596. The van der Waals surface area contributed by atoms with Crippen molar-refractivity contribution >= 4 is 16.8 Å². The molecule has 0 atom stereocenters. The van der Waals surface area contributed by atoms with Crippen LogP contribution < -0.4 is 5.56 Å². The number of benzene rings is 1. The van der Waals surface area contributed by atoms with Crippen molar-refractivity contribution < 1.29 is 9.53 Å². The maximum atomic E-state index is 13.0. The molecule has 27 heavy (non-hydrogen) atoms. The Labute approximate surface area is 159 Å². The van der Waals surface area contributed by atoms with E-state index in [1.165, 1.54) is 6.42 Å². The summed E-state index contributed by atoms with van der Waals surface area (Å²) in [5.41, 5.74) is 0.897. The van der Waals surface area contributed by atoms with Crippen LogP contribution in [0.2, 0.25) is 0 Å². The van der Waals surface area contributed by atoms with Crippen molar-refractivity contribution in [3.63, 3.8) is 0 Å². The first-order valence-electron chi connectivity index (χ1n) is 9.91. The van der Waals surface area contributed by atoms with Gasteiger partial charge in [-0.2, -0.15) is 0 Å². The molecule has 0 bridgehead atoms. The van der Waals surface area contributed by atoms with E-state index in [4.69, 9.17) is 9.72 Å². The van der Waals surface area contributed by atoms with Gasteiger partial charge in [-0.3, -0.25) is 14.2 Å². The summed E-state index contributed by atoms with van der Waals surface area (Å²) in [4.78, 5) is 32.5. The predicted molar refractivity (Wildman–Crippen MR) is 104 cm³/mol. The average Bonchev–Trinajstić information content (AvgIpc) is 2.61. The standard InChI is InChI=1S/C21H27N3O3/c1-21(2)14-23(11-12-27-21)19(25)15-8-9-16-17(13-15)22-18-7-5-3-4-6-10-24(18)20(16)26/h8-9,13H,3-7,10-12,14H2,1-2H3. The largest absolute Gasteiger partial charge is 0.372 e. The van der Waals surface area contributed by atoms with E-state index in [1.54, 1.807) is 18.2 Å².